The van der Waals surface area contributed by atoms with E-state index in [1.165, 1.54) is 5.56 Å². The van der Waals surface area contributed by atoms with E-state index in [9.17, 15) is 9.59 Å². The van der Waals surface area contributed by atoms with Crippen LogP contribution in [0.2, 0.25) is 0 Å². The molecule has 1 atom stereocenters. The molecule has 0 aromatic heterocycles. The van der Waals surface area contributed by atoms with Crippen LogP contribution in [0, 0.1) is 0 Å². The molecule has 0 spiro atoms. The van der Waals surface area contributed by atoms with Crippen LogP contribution in [-0.2, 0) is 20.7 Å². The van der Waals surface area contributed by atoms with Crippen LogP contribution < -0.4 is 9.64 Å². The van der Waals surface area contributed by atoms with Crippen molar-refractivity contribution in [2.24, 2.45) is 0 Å². The molecule has 1 heterocycles. The molecule has 0 bridgehead atoms. The number of nitrogens with zero attached hydrogens (tertiary/aromatic N) is 1. The predicted octanol–water partition coefficient (Wildman–Crippen LogP) is 5.76. The number of benzene rings is 2. The third-order valence-electron chi connectivity index (χ3n) is 5.39. The molecule has 34 heavy (non-hydrogen) atoms. The molecule has 2 aromatic rings. The van der Waals surface area contributed by atoms with Crippen LogP contribution in [-0.4, -0.2) is 50.6 Å². The fourth-order valence-electron chi connectivity index (χ4n) is 3.66. The van der Waals surface area contributed by atoms with Crippen molar-refractivity contribution >= 4 is 29.3 Å². The smallest absolute Gasteiger partial charge is 0.338 e. The van der Waals surface area contributed by atoms with E-state index in [2.05, 4.69) is 12.1 Å². The highest BCUT2D eigenvalue weighted by atomic mass is 32.2. The van der Waals surface area contributed by atoms with Gasteiger partial charge in [-0.15, -0.1) is 11.8 Å². The van der Waals surface area contributed by atoms with E-state index in [0.717, 1.165) is 48.8 Å². The number of fused-ring (bicyclic) bond motifs is 1. The summed E-state index contributed by atoms with van der Waals surface area (Å²) in [5.74, 6) is 0.607. The maximum absolute atomic E-state index is 13.0. The van der Waals surface area contributed by atoms with Crippen molar-refractivity contribution in [1.82, 2.24) is 0 Å². The molecule has 6 nitrogen and oxygen atoms in total. The van der Waals surface area contributed by atoms with Crippen molar-refractivity contribution in [3.8, 4) is 5.75 Å². The van der Waals surface area contributed by atoms with Crippen molar-refractivity contribution < 1.29 is 23.8 Å². The van der Waals surface area contributed by atoms with Gasteiger partial charge >= 0.3 is 5.97 Å². The zero-order chi connectivity index (χ0) is 24.9. The van der Waals surface area contributed by atoms with Crippen LogP contribution >= 0.6 is 11.8 Å². The Morgan fingerprint density at radius 1 is 1.00 bits per heavy atom. The van der Waals surface area contributed by atoms with Gasteiger partial charge in [-0.2, -0.15) is 0 Å². The van der Waals surface area contributed by atoms with Gasteiger partial charge in [0.15, 0.2) is 0 Å². The number of esters is 1. The van der Waals surface area contributed by atoms with Crippen molar-refractivity contribution in [1.29, 1.82) is 0 Å². The van der Waals surface area contributed by atoms with E-state index in [4.69, 9.17) is 14.2 Å². The number of carbonyl (C=O) groups excluding carboxylic acids is 2. The number of methoxy groups -OCH3 is 1. The first-order chi connectivity index (χ1) is 16.5. The summed E-state index contributed by atoms with van der Waals surface area (Å²) in [6.45, 7) is 10.3. The Hall–Kier alpha value is -2.51. The van der Waals surface area contributed by atoms with Gasteiger partial charge in [0.2, 0.25) is 5.91 Å². The summed E-state index contributed by atoms with van der Waals surface area (Å²) in [5.41, 5.74) is 2.53. The zero-order valence-corrected chi connectivity index (χ0v) is 21.8. The second kappa shape index (κ2) is 14.7. The van der Waals surface area contributed by atoms with Crippen molar-refractivity contribution in [3.63, 3.8) is 0 Å². The minimum atomic E-state index is -0.356. The quantitative estimate of drug-likeness (QED) is 0.397. The van der Waals surface area contributed by atoms with E-state index in [1.54, 1.807) is 42.8 Å². The van der Waals surface area contributed by atoms with Crippen LogP contribution in [0.3, 0.4) is 0 Å². The maximum Gasteiger partial charge on any atom is 0.338 e. The van der Waals surface area contributed by atoms with Gasteiger partial charge in [0.25, 0.3) is 0 Å². The van der Waals surface area contributed by atoms with Crippen LogP contribution in [0.15, 0.2) is 47.4 Å². The summed E-state index contributed by atoms with van der Waals surface area (Å²) in [4.78, 5) is 27.9. The lowest BCUT2D eigenvalue weighted by Crippen LogP contribution is -2.41. The highest BCUT2D eigenvalue weighted by Crippen LogP contribution is 2.41. The Balaban J connectivity index is 0.000000739. The van der Waals surface area contributed by atoms with Crippen LogP contribution in [0.25, 0.3) is 0 Å². The summed E-state index contributed by atoms with van der Waals surface area (Å²) in [6, 6.07) is 13.5. The first-order valence-electron chi connectivity index (χ1n) is 12.0. The van der Waals surface area contributed by atoms with E-state index >= 15 is 0 Å². The molecule has 1 aliphatic heterocycles. The van der Waals surface area contributed by atoms with Crippen molar-refractivity contribution in [2.75, 3.05) is 38.4 Å². The molecule has 0 saturated carbocycles. The van der Waals surface area contributed by atoms with Gasteiger partial charge in [0, 0.05) is 24.7 Å². The molecular weight excluding hydrogens is 450 g/mol. The molecule has 0 N–H and O–H groups in total. The number of rotatable bonds is 10. The van der Waals surface area contributed by atoms with Crippen molar-refractivity contribution in [3.05, 3.63) is 53.6 Å². The SMILES string of the molecule is CCOC(=O)c1ccc2c(c1)N(CC)C(=O)C(CCCc1ccc(OC)cc1)S2.CCOCC. The summed E-state index contributed by atoms with van der Waals surface area (Å²) >= 11 is 1.60. The Kier molecular flexibility index (Phi) is 12.0. The zero-order valence-electron chi connectivity index (χ0n) is 21.0. The first-order valence-corrected chi connectivity index (χ1v) is 12.9. The summed E-state index contributed by atoms with van der Waals surface area (Å²) < 4.78 is 15.1. The number of amides is 1. The summed E-state index contributed by atoms with van der Waals surface area (Å²) in [7, 11) is 1.66. The minimum absolute atomic E-state index is 0.103. The van der Waals surface area contributed by atoms with Crippen LogP contribution in [0.1, 0.15) is 56.5 Å². The number of aryl methyl sites for hydroxylation is 1. The molecule has 0 radical (unpaired) electrons. The van der Waals surface area contributed by atoms with Gasteiger partial charge in [-0.1, -0.05) is 12.1 Å². The van der Waals surface area contributed by atoms with Crippen LogP contribution in [0.5, 0.6) is 5.75 Å². The minimum Gasteiger partial charge on any atom is -0.497 e. The maximum atomic E-state index is 13.0. The van der Waals surface area contributed by atoms with Gasteiger partial charge in [0.1, 0.15) is 5.75 Å². The molecular formula is C27H37NO5S. The molecule has 0 aliphatic carbocycles. The summed E-state index contributed by atoms with van der Waals surface area (Å²) in [6.07, 6.45) is 2.67. The van der Waals surface area contributed by atoms with Gasteiger partial charge < -0.3 is 19.1 Å². The van der Waals surface area contributed by atoms with Gasteiger partial charge in [-0.05, 0) is 82.9 Å². The molecule has 186 valence electrons. The van der Waals surface area contributed by atoms with Gasteiger partial charge in [-0.25, -0.2) is 4.79 Å². The first kappa shape index (κ1) is 27.7. The molecule has 0 fully saturated rings. The van der Waals surface area contributed by atoms with Crippen molar-refractivity contribution in [2.45, 2.75) is 57.1 Å². The topological polar surface area (TPSA) is 65.1 Å². The lowest BCUT2D eigenvalue weighted by atomic mass is 10.1. The molecule has 7 heteroatoms. The largest absolute Gasteiger partial charge is 0.497 e. The number of anilines is 1. The molecule has 0 saturated heterocycles. The standard InChI is InChI=1S/C23H27NO4S.C4H10O/c1-4-24-19-15-17(23(26)28-5-2)11-14-20(19)29-21(22(24)25)8-6-7-16-9-12-18(27-3)13-10-16;1-3-5-4-2/h9-15,21H,4-8H2,1-3H3;3-4H2,1-2H3. The highest BCUT2D eigenvalue weighted by molar-refractivity contribution is 8.01. The molecule has 1 aliphatic rings. The molecule has 1 unspecified atom stereocenters. The lowest BCUT2D eigenvalue weighted by Gasteiger charge is -2.33. The fraction of sp³-hybridized carbons (Fsp3) is 0.481. The average molecular weight is 488 g/mol. The molecule has 2 aromatic carbocycles. The van der Waals surface area contributed by atoms with E-state index < -0.39 is 0 Å². The van der Waals surface area contributed by atoms with E-state index in [1.807, 2.05) is 39.0 Å². The average Bonchev–Trinajstić information content (AvgIpc) is 2.85. The second-order valence-corrected chi connectivity index (χ2v) is 8.86. The Labute approximate surface area is 208 Å². The number of ether oxygens (including phenoxy) is 3. The monoisotopic (exact) mass is 487 g/mol. The third kappa shape index (κ3) is 7.77. The van der Waals surface area contributed by atoms with Gasteiger partial charge in [-0.3, -0.25) is 4.79 Å². The number of carbonyl (C=O) groups is 2. The van der Waals surface area contributed by atoms with E-state index in [0.29, 0.717) is 18.7 Å². The lowest BCUT2D eigenvalue weighted by molar-refractivity contribution is -0.118. The normalized spacial score (nSPS) is 14.7. The van der Waals surface area contributed by atoms with E-state index in [-0.39, 0.29) is 17.1 Å². The molecule has 1 amide bonds. The Morgan fingerprint density at radius 2 is 1.71 bits per heavy atom. The Bertz CT molecular complexity index is 914. The number of hydrogen-bond acceptors (Lipinski definition) is 6. The number of thioether (sulfide) groups is 1. The Morgan fingerprint density at radius 3 is 2.26 bits per heavy atom. The van der Waals surface area contributed by atoms with Crippen LogP contribution in [0.4, 0.5) is 5.69 Å². The molecule has 3 rings (SSSR count). The number of hydrogen-bond donors (Lipinski definition) is 0. The van der Waals surface area contributed by atoms with Gasteiger partial charge in [0.05, 0.1) is 30.2 Å². The third-order valence-corrected chi connectivity index (χ3v) is 6.71. The summed E-state index contributed by atoms with van der Waals surface area (Å²) in [5, 5.41) is -0.103. The highest BCUT2D eigenvalue weighted by Gasteiger charge is 2.33. The predicted molar refractivity (Wildman–Crippen MR) is 138 cm³/mol. The second-order valence-electron chi connectivity index (χ2n) is 7.61. The fourth-order valence-corrected chi connectivity index (χ4v) is 4.92.